The van der Waals surface area contributed by atoms with Crippen LogP contribution in [0.25, 0.3) is 0 Å². The summed E-state index contributed by atoms with van der Waals surface area (Å²) in [5.41, 5.74) is 1.88. The van der Waals surface area contributed by atoms with E-state index in [0.717, 1.165) is 22.0 Å². The molecule has 1 aliphatic heterocycles. The zero-order valence-corrected chi connectivity index (χ0v) is 24.7. The molecule has 1 heterocycles. The first-order valence-corrected chi connectivity index (χ1v) is 15.2. The fourth-order valence-corrected chi connectivity index (χ4v) is 6.03. The largest absolute Gasteiger partial charge is 0.488 e. The molecule has 1 aliphatic rings. The van der Waals surface area contributed by atoms with Crippen LogP contribution in [0.5, 0.6) is 5.75 Å². The normalized spacial score (nSPS) is 18.3. The third kappa shape index (κ3) is 7.53. The minimum absolute atomic E-state index is 0.0365. The molecule has 0 spiro atoms. The Morgan fingerprint density at radius 1 is 1.14 bits per heavy atom. The SMILES string of the molecule is C[C@@H]1CN([C@@H](C)CO)C(=O)Cc2cc(NC(=O)Cc3ccccc3)ccc2O[C@@H]1CN(C)S(=O)(=O)c1ccc(F)cc1. The minimum atomic E-state index is -3.96. The molecular weight excluding hydrogens is 561 g/mol. The second kappa shape index (κ2) is 13.5. The number of aliphatic hydroxyl groups excluding tert-OH is 1. The van der Waals surface area contributed by atoms with Crippen LogP contribution in [0.3, 0.4) is 0 Å². The molecule has 3 atom stereocenters. The molecule has 42 heavy (non-hydrogen) atoms. The van der Waals surface area contributed by atoms with Gasteiger partial charge in [0.2, 0.25) is 21.8 Å². The van der Waals surface area contributed by atoms with Crippen molar-refractivity contribution in [2.24, 2.45) is 5.92 Å². The number of hydrogen-bond donors (Lipinski definition) is 2. The number of benzene rings is 3. The fourth-order valence-electron chi connectivity index (χ4n) is 4.85. The van der Waals surface area contributed by atoms with Crippen molar-refractivity contribution in [3.05, 3.63) is 89.7 Å². The number of carbonyl (C=O) groups is 2. The highest BCUT2D eigenvalue weighted by Crippen LogP contribution is 2.30. The summed E-state index contributed by atoms with van der Waals surface area (Å²) in [5.74, 6) is -0.919. The zero-order valence-electron chi connectivity index (χ0n) is 23.9. The van der Waals surface area contributed by atoms with Gasteiger partial charge in [0.05, 0.1) is 36.9 Å². The van der Waals surface area contributed by atoms with Crippen molar-refractivity contribution >= 4 is 27.5 Å². The first-order valence-electron chi connectivity index (χ1n) is 13.7. The van der Waals surface area contributed by atoms with Gasteiger partial charge < -0.3 is 20.1 Å². The lowest BCUT2D eigenvalue weighted by atomic mass is 10.0. The van der Waals surface area contributed by atoms with Gasteiger partial charge in [0.15, 0.2) is 0 Å². The Labute approximate surface area is 246 Å². The summed E-state index contributed by atoms with van der Waals surface area (Å²) in [7, 11) is -2.54. The van der Waals surface area contributed by atoms with E-state index in [1.54, 1.807) is 30.0 Å². The monoisotopic (exact) mass is 597 g/mol. The summed E-state index contributed by atoms with van der Waals surface area (Å²) >= 11 is 0. The van der Waals surface area contributed by atoms with Crippen molar-refractivity contribution < 1.29 is 32.2 Å². The number of fused-ring (bicyclic) bond motifs is 1. The van der Waals surface area contributed by atoms with Gasteiger partial charge in [-0.2, -0.15) is 4.31 Å². The van der Waals surface area contributed by atoms with E-state index >= 15 is 0 Å². The molecule has 3 aromatic rings. The van der Waals surface area contributed by atoms with Crippen molar-refractivity contribution in [2.45, 2.75) is 43.7 Å². The highest BCUT2D eigenvalue weighted by molar-refractivity contribution is 7.89. The number of hydrogen-bond acceptors (Lipinski definition) is 6. The summed E-state index contributed by atoms with van der Waals surface area (Å²) in [6.07, 6.45) is -0.531. The van der Waals surface area contributed by atoms with Gasteiger partial charge in [0.1, 0.15) is 17.7 Å². The number of halogens is 1. The number of likely N-dealkylation sites (N-methyl/N-ethyl adjacent to an activating group) is 1. The van der Waals surface area contributed by atoms with E-state index in [2.05, 4.69) is 5.32 Å². The van der Waals surface area contributed by atoms with Gasteiger partial charge in [0.25, 0.3) is 0 Å². The lowest BCUT2D eigenvalue weighted by Crippen LogP contribution is -2.48. The van der Waals surface area contributed by atoms with Gasteiger partial charge in [-0.05, 0) is 55.0 Å². The zero-order chi connectivity index (χ0) is 30.4. The number of sulfonamides is 1. The Bertz CT molecular complexity index is 1500. The fraction of sp³-hybridized carbons (Fsp3) is 0.355. The first kappa shape index (κ1) is 31.1. The van der Waals surface area contributed by atoms with Crippen LogP contribution in [0.4, 0.5) is 10.1 Å². The number of rotatable bonds is 9. The maximum Gasteiger partial charge on any atom is 0.242 e. The van der Waals surface area contributed by atoms with E-state index in [0.29, 0.717) is 17.0 Å². The maximum absolute atomic E-state index is 13.4. The molecule has 2 N–H and O–H groups in total. The molecule has 0 unspecified atom stereocenters. The van der Waals surface area contributed by atoms with Crippen LogP contribution < -0.4 is 10.1 Å². The van der Waals surface area contributed by atoms with Gasteiger partial charge in [-0.25, -0.2) is 12.8 Å². The van der Waals surface area contributed by atoms with Crippen LogP contribution in [-0.2, 0) is 32.5 Å². The van der Waals surface area contributed by atoms with Crippen molar-refractivity contribution in [2.75, 3.05) is 32.1 Å². The van der Waals surface area contributed by atoms with Gasteiger partial charge in [-0.1, -0.05) is 37.3 Å². The summed E-state index contributed by atoms with van der Waals surface area (Å²) in [5, 5.41) is 12.7. The lowest BCUT2D eigenvalue weighted by molar-refractivity contribution is -0.134. The Morgan fingerprint density at radius 2 is 1.83 bits per heavy atom. The molecule has 11 heteroatoms. The quantitative estimate of drug-likeness (QED) is 0.390. The van der Waals surface area contributed by atoms with Crippen LogP contribution in [0.15, 0.2) is 77.7 Å². The average Bonchev–Trinajstić information content (AvgIpc) is 3.00. The minimum Gasteiger partial charge on any atom is -0.488 e. The molecule has 0 bridgehead atoms. The van der Waals surface area contributed by atoms with Crippen molar-refractivity contribution in [3.63, 3.8) is 0 Å². The van der Waals surface area contributed by atoms with E-state index in [1.165, 1.54) is 19.2 Å². The molecule has 3 aromatic carbocycles. The molecule has 0 saturated heterocycles. The first-order chi connectivity index (χ1) is 20.0. The van der Waals surface area contributed by atoms with Crippen molar-refractivity contribution in [1.82, 2.24) is 9.21 Å². The molecule has 0 fully saturated rings. The Morgan fingerprint density at radius 3 is 2.50 bits per heavy atom. The number of carbonyl (C=O) groups excluding carboxylic acids is 2. The smallest absolute Gasteiger partial charge is 0.242 e. The van der Waals surface area contributed by atoms with E-state index in [9.17, 15) is 27.5 Å². The number of ether oxygens (including phenoxy) is 1. The molecule has 9 nitrogen and oxygen atoms in total. The summed E-state index contributed by atoms with van der Waals surface area (Å²) in [6.45, 7) is 3.53. The Balaban J connectivity index is 1.62. The molecule has 4 rings (SSSR count). The third-order valence-electron chi connectivity index (χ3n) is 7.37. The van der Waals surface area contributed by atoms with E-state index in [-0.39, 0.29) is 55.2 Å². The molecular formula is C31H36FN3O6S. The predicted molar refractivity (Wildman–Crippen MR) is 157 cm³/mol. The van der Waals surface area contributed by atoms with E-state index in [4.69, 9.17) is 4.74 Å². The van der Waals surface area contributed by atoms with Crippen molar-refractivity contribution in [1.29, 1.82) is 0 Å². The second-order valence-electron chi connectivity index (χ2n) is 10.7. The molecule has 0 radical (unpaired) electrons. The van der Waals surface area contributed by atoms with Crippen molar-refractivity contribution in [3.8, 4) is 5.75 Å². The maximum atomic E-state index is 13.4. The number of nitrogens with zero attached hydrogens (tertiary/aromatic N) is 2. The molecule has 2 amide bonds. The molecule has 224 valence electrons. The lowest BCUT2D eigenvalue weighted by Gasteiger charge is -2.33. The highest BCUT2D eigenvalue weighted by atomic mass is 32.2. The average molecular weight is 598 g/mol. The number of nitrogens with one attached hydrogen (secondary N) is 1. The summed E-state index contributed by atoms with van der Waals surface area (Å²) in [6, 6.07) is 18.5. The Kier molecular flexibility index (Phi) is 9.97. The van der Waals surface area contributed by atoms with Crippen LogP contribution >= 0.6 is 0 Å². The summed E-state index contributed by atoms with van der Waals surface area (Å²) in [4.78, 5) is 27.7. The molecule has 0 aromatic heterocycles. The van der Waals surface area contributed by atoms with Gasteiger partial charge in [-0.15, -0.1) is 0 Å². The van der Waals surface area contributed by atoms with Crippen LogP contribution in [0.1, 0.15) is 25.0 Å². The number of amides is 2. The van der Waals surface area contributed by atoms with Gasteiger partial charge in [0, 0.05) is 30.8 Å². The van der Waals surface area contributed by atoms with Gasteiger partial charge >= 0.3 is 0 Å². The van der Waals surface area contributed by atoms with Crippen LogP contribution in [0, 0.1) is 11.7 Å². The topological polar surface area (TPSA) is 116 Å². The third-order valence-corrected chi connectivity index (χ3v) is 9.20. The van der Waals surface area contributed by atoms with Gasteiger partial charge in [-0.3, -0.25) is 9.59 Å². The summed E-state index contributed by atoms with van der Waals surface area (Å²) < 4.78 is 47.5. The predicted octanol–water partition coefficient (Wildman–Crippen LogP) is 3.48. The second-order valence-corrected chi connectivity index (χ2v) is 12.7. The highest BCUT2D eigenvalue weighted by Gasteiger charge is 2.33. The van der Waals surface area contributed by atoms with Crippen LogP contribution in [-0.4, -0.2) is 73.4 Å². The molecule has 0 saturated carbocycles. The number of anilines is 1. The standard InChI is InChI=1S/C31H36FN3O6S/c1-21-18-35(22(2)20-36)31(38)17-24-16-26(33-30(37)15-23-7-5-4-6-8-23)11-14-28(24)41-29(21)19-34(3)42(39,40)27-12-9-25(32)10-13-27/h4-14,16,21-22,29,36H,15,17-20H2,1-3H3,(H,33,37)/t21-,22+,29-/m1/s1. The number of aliphatic hydroxyl groups is 1. The Hall–Kier alpha value is -3.80. The van der Waals surface area contributed by atoms with Crippen LogP contribution in [0.2, 0.25) is 0 Å². The van der Waals surface area contributed by atoms with E-state index < -0.39 is 28.0 Å². The van der Waals surface area contributed by atoms with E-state index in [1.807, 2.05) is 37.3 Å². The molecule has 0 aliphatic carbocycles.